The second kappa shape index (κ2) is 38.1. The number of hydrogen-bond acceptors (Lipinski definition) is 8. The summed E-state index contributed by atoms with van der Waals surface area (Å²) in [5, 5.41) is 29.3. The van der Waals surface area contributed by atoms with Crippen LogP contribution in [-0.2, 0) is 35.3 Å². The quantitative estimate of drug-likeness (QED) is 0.108. The van der Waals surface area contributed by atoms with Crippen molar-refractivity contribution < 1.29 is 91.3 Å². The van der Waals surface area contributed by atoms with E-state index in [-0.39, 0.29) is 17.1 Å². The molecule has 0 aliphatic rings. The summed E-state index contributed by atoms with van der Waals surface area (Å²) in [7, 11) is -20.6. The van der Waals surface area contributed by atoms with E-state index in [9.17, 15) is 16.8 Å². The van der Waals surface area contributed by atoms with E-state index in [1.165, 1.54) is 27.7 Å². The minimum atomic E-state index is -5.14. The molecule has 0 aliphatic carbocycles. The van der Waals surface area contributed by atoms with Crippen LogP contribution in [0.1, 0.15) is 27.7 Å². The maximum absolute atomic E-state index is 10.4. The van der Waals surface area contributed by atoms with Gasteiger partial charge >= 0.3 is 31.6 Å². The molecule has 8 N–H and O–H groups in total. The van der Waals surface area contributed by atoms with Gasteiger partial charge in [0.15, 0.2) is 0 Å². The minimum Gasteiger partial charge on any atom is -0.299 e. The normalized spacial score (nSPS) is 8.12. The summed E-state index contributed by atoms with van der Waals surface area (Å²) in [6.45, 7) is 5.72. The third kappa shape index (κ3) is 17700. The molecule has 0 rings (SSSR count). The zero-order valence-corrected chi connectivity index (χ0v) is 21.1. The Morgan fingerprint density at radius 2 is 0.455 bits per heavy atom. The largest absolute Gasteiger partial charge is 0.507 e. The molecule has 16 nitrogen and oxygen atoms in total. The number of rotatable bonds is 0. The van der Waals surface area contributed by atoms with Gasteiger partial charge in [-0.1, -0.05) is 0 Å². The summed E-state index contributed by atoms with van der Waals surface area (Å²) in [4.78, 5) is 55.7. The summed E-state index contributed by atoms with van der Waals surface area (Å²) in [6, 6.07) is 7.00. The van der Waals surface area contributed by atoms with Gasteiger partial charge in [0.2, 0.25) is 0 Å². The fraction of sp³-hybridized carbons (Fsp3) is 0.500. The van der Waals surface area contributed by atoms with E-state index < -0.39 is 31.6 Å². The van der Waals surface area contributed by atoms with Gasteiger partial charge in [0.1, 0.15) is 0 Å². The second-order valence-electron chi connectivity index (χ2n) is 2.79. The zero-order chi connectivity index (χ0) is 28.8. The first-order chi connectivity index (χ1) is 13.7. The predicted molar refractivity (Wildman–Crippen MR) is 97.8 cm³/mol. The summed E-state index contributed by atoms with van der Waals surface area (Å²) in [5.41, 5.74) is 0. The van der Waals surface area contributed by atoms with Crippen molar-refractivity contribution in [1.29, 1.82) is 21.0 Å². The van der Waals surface area contributed by atoms with Crippen LogP contribution >= 0.6 is 31.6 Å². The fourth-order valence-electron chi connectivity index (χ4n) is 0. The third-order valence-electron chi connectivity index (χ3n) is 0. The zero-order valence-electron chi connectivity index (χ0n) is 16.6. The Hall–Kier alpha value is -1.20. The average molecular weight is 628 g/mol. The van der Waals surface area contributed by atoms with E-state index >= 15 is 0 Å². The van der Waals surface area contributed by atoms with E-state index in [0.717, 1.165) is 0 Å². The molecule has 0 spiro atoms. The van der Waals surface area contributed by atoms with Crippen molar-refractivity contribution in [2.45, 2.75) is 27.7 Å². The van der Waals surface area contributed by atoms with Crippen LogP contribution in [0, 0.1) is 45.3 Å². The molecule has 25 heteroatoms. The van der Waals surface area contributed by atoms with Crippen LogP contribution in [0.2, 0.25) is 0 Å². The van der Waals surface area contributed by atoms with Crippen LogP contribution in [0.25, 0.3) is 0 Å². The summed E-state index contributed by atoms with van der Waals surface area (Å²) >= 11 is 0. The third-order valence-corrected chi connectivity index (χ3v) is 0. The summed E-state index contributed by atoms with van der Waals surface area (Å²) < 4.78 is 76.1. The van der Waals surface area contributed by atoms with Crippen LogP contribution in [0.15, 0.2) is 0 Å². The van der Waals surface area contributed by atoms with Crippen LogP contribution < -0.4 is 0 Å². The number of hydrogen-bond donors (Lipinski definition) is 8. The second-order valence-corrected chi connectivity index (χ2v) is 6.57. The van der Waals surface area contributed by atoms with Crippen molar-refractivity contribution >= 4 is 31.6 Å². The molecule has 0 atom stereocenters. The Morgan fingerprint density at radius 3 is 0.455 bits per heavy atom. The molecular weight excluding hydrogens is 608 g/mol. The molecule has 0 aliphatic heterocycles. The van der Waals surface area contributed by atoms with Crippen LogP contribution in [0.4, 0.5) is 16.8 Å². The molecule has 0 aromatic rings. The molecule has 0 fully saturated rings. The van der Waals surface area contributed by atoms with Crippen molar-refractivity contribution in [2.24, 2.45) is 0 Å². The maximum atomic E-state index is 10.4. The van der Waals surface area contributed by atoms with Crippen molar-refractivity contribution in [3.8, 4) is 24.3 Å². The monoisotopic (exact) mass is 627 g/mol. The van der Waals surface area contributed by atoms with Crippen molar-refractivity contribution in [3.63, 3.8) is 0 Å². The molecule has 1 radical (unpaired) electrons. The summed E-state index contributed by atoms with van der Waals surface area (Å²) in [5.74, 6) is 0. The van der Waals surface area contributed by atoms with Gasteiger partial charge in [-0.3, -0.25) is 39.1 Å². The number of halogens is 4. The molecule has 33 heavy (non-hydrogen) atoms. The van der Waals surface area contributed by atoms with E-state index in [1.54, 1.807) is 24.3 Å². The smallest absolute Gasteiger partial charge is 0.299 e. The van der Waals surface area contributed by atoms with Crippen LogP contribution in [-0.4, -0.2) is 39.1 Å². The van der Waals surface area contributed by atoms with E-state index in [4.69, 9.17) is 78.5 Å². The van der Waals surface area contributed by atoms with Crippen LogP contribution in [0.3, 0.4) is 0 Å². The van der Waals surface area contributed by atoms with Gasteiger partial charge in [0.25, 0.3) is 0 Å². The Balaban J connectivity index is -0.0000000287. The first-order valence-corrected chi connectivity index (χ1v) is 11.9. The summed E-state index contributed by atoms with van der Waals surface area (Å²) in [6.07, 6.45) is 0. The molecule has 203 valence electrons. The average Bonchev–Trinajstić information content (AvgIpc) is 2.32. The van der Waals surface area contributed by atoms with E-state index in [1.807, 2.05) is 0 Å². The molecule has 0 bridgehead atoms. The molecule has 0 unspecified atom stereocenters. The molecular formula is C8H20CuF4N4O12P4. The molecule has 0 amide bonds. The van der Waals surface area contributed by atoms with Crippen molar-refractivity contribution in [1.82, 2.24) is 0 Å². The van der Waals surface area contributed by atoms with E-state index in [2.05, 4.69) is 0 Å². The topological polar surface area (TPSA) is 325 Å². The van der Waals surface area contributed by atoms with E-state index in [0.29, 0.717) is 0 Å². The Morgan fingerprint density at radius 1 is 0.455 bits per heavy atom. The number of nitrogens with zero attached hydrogens (tertiary/aromatic N) is 4. The maximum Gasteiger partial charge on any atom is 0.507 e. The van der Waals surface area contributed by atoms with Gasteiger partial charge in [-0.25, -0.2) is 18.3 Å². The first-order valence-electron chi connectivity index (χ1n) is 5.90. The Labute approximate surface area is 196 Å². The van der Waals surface area contributed by atoms with Crippen molar-refractivity contribution in [3.05, 3.63) is 0 Å². The first kappa shape index (κ1) is 58.0. The van der Waals surface area contributed by atoms with Crippen LogP contribution in [0.5, 0.6) is 0 Å². The van der Waals surface area contributed by atoms with Gasteiger partial charge in [-0.2, -0.15) is 21.0 Å². The predicted octanol–water partition coefficient (Wildman–Crippen LogP) is 2.31. The number of nitriles is 4. The minimum absolute atomic E-state index is 0. The fourth-order valence-corrected chi connectivity index (χ4v) is 0. The van der Waals surface area contributed by atoms with Gasteiger partial charge in [-0.05, 0) is 0 Å². The SMILES string of the molecule is CC#N.CC#N.CC#N.CC#N.O=P(O)(O)F.O=P(O)(O)F.O=P(O)(O)F.O=P(O)(O)F.[Cu]. The molecule has 0 aromatic carbocycles. The van der Waals surface area contributed by atoms with Gasteiger partial charge in [0, 0.05) is 44.8 Å². The molecule has 0 aromatic heterocycles. The Bertz CT molecular complexity index is 596. The van der Waals surface area contributed by atoms with Gasteiger partial charge < -0.3 is 0 Å². The van der Waals surface area contributed by atoms with Gasteiger partial charge in [0.05, 0.1) is 24.3 Å². The molecule has 0 heterocycles. The standard InChI is InChI=1S/4C2H3N.Cu.4FH2O3P/c4*1-2-3;;4*1-5(2,3)4/h4*1H3;;4*(H2,2,3,4). The van der Waals surface area contributed by atoms with Gasteiger partial charge in [-0.15, -0.1) is 16.8 Å². The molecule has 0 saturated carbocycles. The molecule has 0 saturated heterocycles. The Kier molecular flexibility index (Phi) is 67.0. The van der Waals surface area contributed by atoms with Crippen molar-refractivity contribution in [2.75, 3.05) is 0 Å².